The third-order valence-electron chi connectivity index (χ3n) is 6.02. The van der Waals surface area contributed by atoms with Crippen LogP contribution in [0.15, 0.2) is 0 Å². The molecule has 1 aliphatic heterocycles. The number of nitrogens with zero attached hydrogens (tertiary/aromatic N) is 1. The van der Waals surface area contributed by atoms with E-state index in [2.05, 4.69) is 17.1 Å². The minimum atomic E-state index is -0.112. The fourth-order valence-corrected chi connectivity index (χ4v) is 4.71. The molecule has 1 N–H and O–H groups in total. The predicted molar refractivity (Wildman–Crippen MR) is 74.5 cm³/mol. The molecule has 1 heterocycles. The molecule has 3 heteroatoms. The standard InChI is InChI=1S/C16H26N2O/c1-11-6-7-13(10-11)18-14(12-4-2-3-5-12)17-16(8-9-16)15(18)19/h11-14,17H,2-10H2,1H3. The minimum absolute atomic E-state index is 0.112. The molecule has 0 aromatic heterocycles. The topological polar surface area (TPSA) is 32.3 Å². The van der Waals surface area contributed by atoms with Gasteiger partial charge in [-0.25, -0.2) is 0 Å². The monoisotopic (exact) mass is 262 g/mol. The van der Waals surface area contributed by atoms with E-state index < -0.39 is 0 Å². The van der Waals surface area contributed by atoms with Crippen LogP contribution in [-0.2, 0) is 4.79 Å². The zero-order valence-corrected chi connectivity index (χ0v) is 12.0. The summed E-state index contributed by atoms with van der Waals surface area (Å²) in [6.07, 6.45) is 11.6. The first-order valence-corrected chi connectivity index (χ1v) is 8.30. The normalized spacial score (nSPS) is 41.6. The average molecular weight is 262 g/mol. The van der Waals surface area contributed by atoms with Crippen molar-refractivity contribution in [2.45, 2.75) is 82.5 Å². The Labute approximate surface area is 116 Å². The molecule has 4 aliphatic rings. The van der Waals surface area contributed by atoms with Crippen molar-refractivity contribution in [3.63, 3.8) is 0 Å². The summed E-state index contributed by atoms with van der Waals surface area (Å²) in [5, 5.41) is 3.75. The number of rotatable bonds is 2. The molecule has 3 aliphatic carbocycles. The first-order valence-electron chi connectivity index (χ1n) is 8.30. The van der Waals surface area contributed by atoms with E-state index >= 15 is 0 Å². The van der Waals surface area contributed by atoms with E-state index in [9.17, 15) is 4.79 Å². The van der Waals surface area contributed by atoms with E-state index in [1.807, 2.05) is 0 Å². The van der Waals surface area contributed by atoms with Crippen molar-refractivity contribution in [3.05, 3.63) is 0 Å². The maximum absolute atomic E-state index is 12.8. The maximum Gasteiger partial charge on any atom is 0.244 e. The molecule has 106 valence electrons. The van der Waals surface area contributed by atoms with Gasteiger partial charge in [0.25, 0.3) is 0 Å². The van der Waals surface area contributed by atoms with Crippen LogP contribution in [0.25, 0.3) is 0 Å². The molecule has 4 rings (SSSR count). The van der Waals surface area contributed by atoms with Gasteiger partial charge in [0.05, 0.1) is 11.7 Å². The lowest BCUT2D eigenvalue weighted by Crippen LogP contribution is -2.47. The number of nitrogens with one attached hydrogen (secondary N) is 1. The van der Waals surface area contributed by atoms with Crippen molar-refractivity contribution < 1.29 is 4.79 Å². The molecule has 0 radical (unpaired) electrons. The maximum atomic E-state index is 12.8. The van der Waals surface area contributed by atoms with Crippen molar-refractivity contribution in [3.8, 4) is 0 Å². The van der Waals surface area contributed by atoms with Gasteiger partial charge < -0.3 is 4.90 Å². The lowest BCUT2D eigenvalue weighted by Gasteiger charge is -2.34. The quantitative estimate of drug-likeness (QED) is 0.830. The lowest BCUT2D eigenvalue weighted by molar-refractivity contribution is -0.133. The Hall–Kier alpha value is -0.570. The van der Waals surface area contributed by atoms with E-state index in [1.165, 1.54) is 44.9 Å². The SMILES string of the molecule is CC1CCC(N2C(=O)C3(CC3)NC2C2CCCC2)C1. The van der Waals surface area contributed by atoms with Crippen LogP contribution in [0.5, 0.6) is 0 Å². The van der Waals surface area contributed by atoms with E-state index in [4.69, 9.17) is 0 Å². The summed E-state index contributed by atoms with van der Waals surface area (Å²) < 4.78 is 0. The van der Waals surface area contributed by atoms with Crippen LogP contribution in [0.4, 0.5) is 0 Å². The van der Waals surface area contributed by atoms with Gasteiger partial charge in [-0.15, -0.1) is 0 Å². The number of hydrogen-bond donors (Lipinski definition) is 1. The van der Waals surface area contributed by atoms with E-state index in [0.717, 1.165) is 24.7 Å². The lowest BCUT2D eigenvalue weighted by atomic mass is 10.0. The van der Waals surface area contributed by atoms with Crippen LogP contribution in [0, 0.1) is 11.8 Å². The van der Waals surface area contributed by atoms with Gasteiger partial charge in [-0.1, -0.05) is 19.8 Å². The van der Waals surface area contributed by atoms with E-state index in [1.54, 1.807) is 0 Å². The Bertz CT molecular complexity index is 384. The van der Waals surface area contributed by atoms with Crippen LogP contribution < -0.4 is 5.32 Å². The third kappa shape index (κ3) is 1.84. The van der Waals surface area contributed by atoms with Gasteiger partial charge in [0.15, 0.2) is 0 Å². The minimum Gasteiger partial charge on any atom is -0.322 e. The molecule has 3 unspecified atom stereocenters. The summed E-state index contributed by atoms with van der Waals surface area (Å²) >= 11 is 0. The van der Waals surface area contributed by atoms with Crippen LogP contribution in [0.2, 0.25) is 0 Å². The molecule has 1 saturated heterocycles. The zero-order valence-electron chi connectivity index (χ0n) is 12.0. The first-order chi connectivity index (χ1) is 9.20. The number of carbonyl (C=O) groups is 1. The van der Waals surface area contributed by atoms with Crippen LogP contribution >= 0.6 is 0 Å². The van der Waals surface area contributed by atoms with Crippen molar-refractivity contribution in [2.24, 2.45) is 11.8 Å². The highest BCUT2D eigenvalue weighted by atomic mass is 16.2. The molecule has 0 aromatic rings. The Morgan fingerprint density at radius 1 is 1.16 bits per heavy atom. The Kier molecular flexibility index (Phi) is 2.70. The smallest absolute Gasteiger partial charge is 0.244 e. The highest BCUT2D eigenvalue weighted by Crippen LogP contribution is 2.47. The summed E-state index contributed by atoms with van der Waals surface area (Å²) in [6, 6.07) is 0.528. The predicted octanol–water partition coefficient (Wildman–Crippen LogP) is 2.66. The second kappa shape index (κ2) is 4.21. The summed E-state index contributed by atoms with van der Waals surface area (Å²) in [6.45, 7) is 2.34. The van der Waals surface area contributed by atoms with Crippen molar-refractivity contribution >= 4 is 5.91 Å². The van der Waals surface area contributed by atoms with Crippen molar-refractivity contribution in [1.29, 1.82) is 0 Å². The van der Waals surface area contributed by atoms with Crippen LogP contribution in [0.1, 0.15) is 64.7 Å². The molecular weight excluding hydrogens is 236 g/mol. The van der Waals surface area contributed by atoms with E-state index in [0.29, 0.717) is 18.1 Å². The molecule has 3 saturated carbocycles. The van der Waals surface area contributed by atoms with Crippen LogP contribution in [0.3, 0.4) is 0 Å². The number of carbonyl (C=O) groups excluding carboxylic acids is 1. The van der Waals surface area contributed by atoms with Gasteiger partial charge in [0, 0.05) is 6.04 Å². The molecule has 1 amide bonds. The highest BCUT2D eigenvalue weighted by Gasteiger charge is 2.61. The van der Waals surface area contributed by atoms with Gasteiger partial charge in [-0.2, -0.15) is 0 Å². The zero-order chi connectivity index (χ0) is 13.0. The second-order valence-electron chi connectivity index (χ2n) is 7.50. The molecule has 4 fully saturated rings. The summed E-state index contributed by atoms with van der Waals surface area (Å²) in [4.78, 5) is 15.1. The Morgan fingerprint density at radius 2 is 1.89 bits per heavy atom. The summed E-state index contributed by atoms with van der Waals surface area (Å²) in [5.41, 5.74) is -0.112. The fourth-order valence-electron chi connectivity index (χ4n) is 4.71. The molecule has 3 atom stereocenters. The average Bonchev–Trinajstić information content (AvgIpc) is 2.79. The fraction of sp³-hybridized carbons (Fsp3) is 0.938. The first kappa shape index (κ1) is 12.2. The number of amides is 1. The Morgan fingerprint density at radius 3 is 2.47 bits per heavy atom. The molecule has 0 aromatic carbocycles. The van der Waals surface area contributed by atoms with Gasteiger partial charge in [0.1, 0.15) is 0 Å². The largest absolute Gasteiger partial charge is 0.322 e. The van der Waals surface area contributed by atoms with Gasteiger partial charge in [-0.3, -0.25) is 10.1 Å². The Balaban J connectivity index is 1.58. The highest BCUT2D eigenvalue weighted by molar-refractivity contribution is 5.92. The van der Waals surface area contributed by atoms with Gasteiger partial charge in [0.2, 0.25) is 5.91 Å². The van der Waals surface area contributed by atoms with Crippen LogP contribution in [-0.4, -0.2) is 28.6 Å². The molecular formula is C16H26N2O. The molecule has 19 heavy (non-hydrogen) atoms. The summed E-state index contributed by atoms with van der Waals surface area (Å²) in [5.74, 6) is 1.97. The molecule has 1 spiro atoms. The van der Waals surface area contributed by atoms with Gasteiger partial charge >= 0.3 is 0 Å². The third-order valence-corrected chi connectivity index (χ3v) is 6.02. The summed E-state index contributed by atoms with van der Waals surface area (Å²) in [7, 11) is 0. The second-order valence-corrected chi connectivity index (χ2v) is 7.50. The van der Waals surface area contributed by atoms with Crippen molar-refractivity contribution in [2.75, 3.05) is 0 Å². The molecule has 3 nitrogen and oxygen atoms in total. The van der Waals surface area contributed by atoms with Crippen molar-refractivity contribution in [1.82, 2.24) is 10.2 Å². The molecule has 0 bridgehead atoms. The van der Waals surface area contributed by atoms with Gasteiger partial charge in [-0.05, 0) is 56.8 Å². The van der Waals surface area contributed by atoms with E-state index in [-0.39, 0.29) is 5.54 Å². The number of hydrogen-bond acceptors (Lipinski definition) is 2.